The van der Waals surface area contributed by atoms with E-state index in [1.807, 2.05) is 7.11 Å². The van der Waals surface area contributed by atoms with E-state index in [-0.39, 0.29) is 0 Å². The van der Waals surface area contributed by atoms with Gasteiger partial charge < -0.3 is 10.1 Å². The van der Waals surface area contributed by atoms with Gasteiger partial charge in [0.15, 0.2) is 6.10 Å². The second-order valence-electron chi connectivity index (χ2n) is 4.68. The first-order valence-corrected chi connectivity index (χ1v) is 5.66. The summed E-state index contributed by atoms with van der Waals surface area (Å²) in [4.78, 5) is 0. The zero-order chi connectivity index (χ0) is 9.26. The molecule has 2 N–H and O–H groups in total. The number of aliphatic hydroxyl groups is 2. The molecule has 13 heavy (non-hydrogen) atoms. The fraction of sp³-hybridized carbons (Fsp3) is 1.00. The third kappa shape index (κ3) is 1.89. The minimum atomic E-state index is 0.640. The van der Waals surface area contributed by atoms with Crippen LogP contribution in [0.15, 0.2) is 0 Å². The molecule has 0 amide bonds. The largest absolute Gasteiger partial charge is 0.433 e. The maximum atomic E-state index is 4.54. The van der Waals surface area contributed by atoms with Crippen molar-refractivity contribution in [2.24, 2.45) is 5.92 Å². The summed E-state index contributed by atoms with van der Waals surface area (Å²) in [5.74, 6) is 0.843. The number of hydrogen-bond acceptors (Lipinski definition) is 1. The molecule has 0 radical (unpaired) electrons. The van der Waals surface area contributed by atoms with Gasteiger partial charge in [-0.1, -0.05) is 12.8 Å². The molecule has 1 aliphatic carbocycles. The monoisotopic (exact) mass is 184 g/mol. The normalized spacial score (nSPS) is 45.7. The molecule has 0 aromatic rings. The van der Waals surface area contributed by atoms with Gasteiger partial charge in [0.25, 0.3) is 0 Å². The van der Waals surface area contributed by atoms with E-state index in [9.17, 15) is 0 Å². The highest BCUT2D eigenvalue weighted by atomic mass is 16.5. The highest BCUT2D eigenvalue weighted by molar-refractivity contribution is 4.92. The molecule has 1 saturated carbocycles. The van der Waals surface area contributed by atoms with E-state index >= 15 is 0 Å². The number of hydrogen-bond donors (Lipinski definition) is 1. The first-order chi connectivity index (χ1) is 6.31. The molecule has 2 aliphatic rings. The van der Waals surface area contributed by atoms with Crippen LogP contribution in [-0.4, -0.2) is 30.0 Å². The Morgan fingerprint density at radius 3 is 2.77 bits per heavy atom. The third-order valence-electron chi connectivity index (χ3n) is 3.74. The van der Waals surface area contributed by atoms with Gasteiger partial charge in [-0.05, 0) is 19.8 Å². The standard InChI is InChI=1S/C11H21NO/c1-8-7-11(13-2)9-5-3-4-6-10(9)12-8/h8-12H,3-7H2,1-2H3/p+1. The lowest BCUT2D eigenvalue weighted by Crippen LogP contribution is -2.55. The van der Waals surface area contributed by atoms with Crippen molar-refractivity contribution in [1.82, 2.24) is 5.32 Å². The molecule has 0 aromatic carbocycles. The first kappa shape index (κ1) is 9.47. The molecule has 4 atom stereocenters. The molecule has 2 nitrogen and oxygen atoms in total. The van der Waals surface area contributed by atoms with Crippen LogP contribution in [0.1, 0.15) is 39.0 Å². The summed E-state index contributed by atoms with van der Waals surface area (Å²) in [6, 6.07) is 1.44. The van der Waals surface area contributed by atoms with Crippen LogP contribution >= 0.6 is 0 Å². The Morgan fingerprint density at radius 2 is 2.00 bits per heavy atom. The molecule has 1 heterocycles. The molecule has 2 fully saturated rings. The summed E-state index contributed by atoms with van der Waals surface area (Å²) in [5.41, 5.74) is 0. The summed E-state index contributed by atoms with van der Waals surface area (Å²) in [7, 11) is 1.99. The Kier molecular flexibility index (Phi) is 2.89. The van der Waals surface area contributed by atoms with Crippen molar-refractivity contribution in [3.8, 4) is 0 Å². The van der Waals surface area contributed by atoms with Crippen molar-refractivity contribution >= 4 is 0 Å². The Labute approximate surface area is 81.0 Å². The Bertz CT molecular complexity index is 163. The molecule has 2 rings (SSSR count). The molecule has 4 unspecified atom stereocenters. The van der Waals surface area contributed by atoms with Crippen molar-refractivity contribution < 1.29 is 4.74 Å². The SMILES string of the molecule is C[OH+]C1CC(C)NC2CCCCC21. The quantitative estimate of drug-likeness (QED) is 0.613. The number of ether oxygens (including phenoxy) is 1. The lowest BCUT2D eigenvalue weighted by molar-refractivity contribution is -0.127. The molecule has 1 saturated heterocycles. The van der Waals surface area contributed by atoms with Gasteiger partial charge in [0.05, 0.1) is 0 Å². The minimum Gasteiger partial charge on any atom is -0.433 e. The van der Waals surface area contributed by atoms with Crippen LogP contribution in [0.25, 0.3) is 0 Å². The van der Waals surface area contributed by atoms with Crippen molar-refractivity contribution in [3.63, 3.8) is 0 Å². The molecule has 0 aromatic heterocycles. The smallest absolute Gasteiger partial charge is 0.160 e. The van der Waals surface area contributed by atoms with Gasteiger partial charge in [-0.2, -0.15) is 0 Å². The van der Waals surface area contributed by atoms with E-state index in [0.29, 0.717) is 12.1 Å². The van der Waals surface area contributed by atoms with Gasteiger partial charge in [-0.25, -0.2) is 0 Å². The lowest BCUT2D eigenvalue weighted by atomic mass is 9.76. The molecule has 2 heteroatoms. The van der Waals surface area contributed by atoms with Crippen LogP contribution in [0.2, 0.25) is 0 Å². The van der Waals surface area contributed by atoms with Crippen molar-refractivity contribution in [3.05, 3.63) is 0 Å². The average Bonchev–Trinajstić information content (AvgIpc) is 2.16. The Balaban J connectivity index is 2.02. The number of fused-ring (bicyclic) bond motifs is 1. The molecule has 0 spiro atoms. The van der Waals surface area contributed by atoms with E-state index in [1.165, 1.54) is 32.1 Å². The highest BCUT2D eigenvalue weighted by Gasteiger charge is 2.40. The van der Waals surface area contributed by atoms with Gasteiger partial charge in [0.2, 0.25) is 0 Å². The summed E-state index contributed by atoms with van der Waals surface area (Å²) in [6.07, 6.45) is 7.49. The maximum absolute atomic E-state index is 4.54. The van der Waals surface area contributed by atoms with Crippen LogP contribution in [0.3, 0.4) is 0 Å². The predicted molar refractivity (Wildman–Crippen MR) is 54.9 cm³/mol. The van der Waals surface area contributed by atoms with Crippen LogP contribution in [0, 0.1) is 5.92 Å². The summed E-state index contributed by atoms with van der Waals surface area (Å²) < 4.78 is 4.54. The predicted octanol–water partition coefficient (Wildman–Crippen LogP) is 1.45. The topological polar surface area (TPSA) is 24.8 Å². The Morgan fingerprint density at radius 1 is 1.23 bits per heavy atom. The van der Waals surface area contributed by atoms with E-state index in [0.717, 1.165) is 12.0 Å². The third-order valence-corrected chi connectivity index (χ3v) is 3.74. The molecular weight excluding hydrogens is 162 g/mol. The van der Waals surface area contributed by atoms with Crippen LogP contribution in [-0.2, 0) is 0 Å². The number of piperidine rings is 1. The molecule has 1 aliphatic heterocycles. The van der Waals surface area contributed by atoms with Crippen LogP contribution < -0.4 is 5.32 Å². The molecular formula is C11H22NO+. The van der Waals surface area contributed by atoms with Crippen LogP contribution in [0.4, 0.5) is 0 Å². The minimum absolute atomic E-state index is 0.640. The summed E-state index contributed by atoms with van der Waals surface area (Å²) in [5, 5.41) is 3.72. The van der Waals surface area contributed by atoms with Crippen molar-refractivity contribution in [1.29, 1.82) is 0 Å². The van der Waals surface area contributed by atoms with E-state index in [4.69, 9.17) is 0 Å². The van der Waals surface area contributed by atoms with Crippen molar-refractivity contribution in [2.75, 3.05) is 7.11 Å². The zero-order valence-corrected chi connectivity index (χ0v) is 8.79. The average molecular weight is 184 g/mol. The van der Waals surface area contributed by atoms with E-state index in [2.05, 4.69) is 17.0 Å². The van der Waals surface area contributed by atoms with Gasteiger partial charge in [0.1, 0.15) is 7.11 Å². The van der Waals surface area contributed by atoms with Crippen LogP contribution in [0.5, 0.6) is 0 Å². The van der Waals surface area contributed by atoms with Gasteiger partial charge >= 0.3 is 0 Å². The van der Waals surface area contributed by atoms with Gasteiger partial charge in [-0.3, -0.25) is 0 Å². The fourth-order valence-electron chi connectivity index (χ4n) is 3.09. The van der Waals surface area contributed by atoms with E-state index < -0.39 is 0 Å². The number of nitrogens with one attached hydrogen (secondary N) is 1. The number of rotatable bonds is 1. The zero-order valence-electron chi connectivity index (χ0n) is 8.79. The molecule has 0 bridgehead atoms. The highest BCUT2D eigenvalue weighted by Crippen LogP contribution is 2.33. The van der Waals surface area contributed by atoms with Crippen molar-refractivity contribution in [2.45, 2.75) is 57.2 Å². The van der Waals surface area contributed by atoms with Gasteiger partial charge in [-0.15, -0.1) is 0 Å². The second kappa shape index (κ2) is 3.97. The van der Waals surface area contributed by atoms with Gasteiger partial charge in [0, 0.05) is 24.4 Å². The summed E-state index contributed by atoms with van der Waals surface area (Å²) in [6.45, 7) is 2.29. The first-order valence-electron chi connectivity index (χ1n) is 5.66. The van der Waals surface area contributed by atoms with E-state index in [1.54, 1.807) is 0 Å². The maximum Gasteiger partial charge on any atom is 0.160 e. The second-order valence-corrected chi connectivity index (χ2v) is 4.68. The molecule has 76 valence electrons. The lowest BCUT2D eigenvalue weighted by Gasteiger charge is -2.41. The Hall–Kier alpha value is -0.0800. The fourth-order valence-corrected chi connectivity index (χ4v) is 3.09. The summed E-state index contributed by atoms with van der Waals surface area (Å²) >= 11 is 0.